The fraction of sp³-hybridized carbons (Fsp3) is 0.250. The Bertz CT molecular complexity index is 477. The van der Waals surface area contributed by atoms with Gasteiger partial charge >= 0.3 is 0 Å². The van der Waals surface area contributed by atoms with Crippen LogP contribution in [-0.4, -0.2) is 15.0 Å². The SMILES string of the molecule is CCc1nc(NN)cc(NCc2ccncc2)n1. The summed E-state index contributed by atoms with van der Waals surface area (Å²) < 4.78 is 0. The number of nitrogens with zero attached hydrogens (tertiary/aromatic N) is 3. The number of hydrazine groups is 1. The van der Waals surface area contributed by atoms with Gasteiger partial charge in [0.25, 0.3) is 0 Å². The van der Waals surface area contributed by atoms with Crippen molar-refractivity contribution in [2.75, 3.05) is 10.7 Å². The van der Waals surface area contributed by atoms with E-state index in [0.29, 0.717) is 12.4 Å². The fourth-order valence-corrected chi connectivity index (χ4v) is 1.51. The van der Waals surface area contributed by atoms with Gasteiger partial charge in [-0.15, -0.1) is 0 Å². The summed E-state index contributed by atoms with van der Waals surface area (Å²) in [5, 5.41) is 3.24. The first kappa shape index (κ1) is 12.3. The van der Waals surface area contributed by atoms with E-state index in [2.05, 4.69) is 25.7 Å². The van der Waals surface area contributed by atoms with Gasteiger partial charge in [0.1, 0.15) is 17.5 Å². The Hall–Kier alpha value is -2.21. The van der Waals surface area contributed by atoms with Crippen LogP contribution in [0.4, 0.5) is 11.6 Å². The molecule has 4 N–H and O–H groups in total. The third-order valence-electron chi connectivity index (χ3n) is 2.46. The van der Waals surface area contributed by atoms with Gasteiger partial charge in [0.15, 0.2) is 0 Å². The van der Waals surface area contributed by atoms with Crippen LogP contribution >= 0.6 is 0 Å². The van der Waals surface area contributed by atoms with Crippen LogP contribution in [0.1, 0.15) is 18.3 Å². The average molecular weight is 244 g/mol. The molecule has 2 rings (SSSR count). The van der Waals surface area contributed by atoms with Crippen molar-refractivity contribution in [3.63, 3.8) is 0 Å². The number of rotatable bonds is 5. The van der Waals surface area contributed by atoms with Crippen molar-refractivity contribution in [1.82, 2.24) is 15.0 Å². The van der Waals surface area contributed by atoms with Gasteiger partial charge in [0, 0.05) is 31.4 Å². The molecule has 0 aliphatic heterocycles. The molecule has 94 valence electrons. The van der Waals surface area contributed by atoms with E-state index in [-0.39, 0.29) is 0 Å². The summed E-state index contributed by atoms with van der Waals surface area (Å²) in [6, 6.07) is 5.69. The smallest absolute Gasteiger partial charge is 0.145 e. The number of aromatic nitrogens is 3. The first-order valence-corrected chi connectivity index (χ1v) is 5.79. The fourth-order valence-electron chi connectivity index (χ4n) is 1.51. The van der Waals surface area contributed by atoms with E-state index in [0.717, 1.165) is 23.6 Å². The molecule has 0 saturated heterocycles. The molecule has 2 aromatic rings. The van der Waals surface area contributed by atoms with Gasteiger partial charge in [0.05, 0.1) is 0 Å². The molecule has 0 saturated carbocycles. The van der Waals surface area contributed by atoms with Crippen molar-refractivity contribution in [3.05, 3.63) is 42.0 Å². The van der Waals surface area contributed by atoms with E-state index in [4.69, 9.17) is 5.84 Å². The second kappa shape index (κ2) is 5.92. The lowest BCUT2D eigenvalue weighted by Crippen LogP contribution is -2.12. The topological polar surface area (TPSA) is 88.8 Å². The highest BCUT2D eigenvalue weighted by Gasteiger charge is 2.02. The van der Waals surface area contributed by atoms with Gasteiger partial charge in [-0.3, -0.25) is 4.98 Å². The van der Waals surface area contributed by atoms with Crippen molar-refractivity contribution in [3.8, 4) is 0 Å². The molecule has 0 unspecified atom stereocenters. The van der Waals surface area contributed by atoms with Crippen molar-refractivity contribution >= 4 is 11.6 Å². The third-order valence-corrected chi connectivity index (χ3v) is 2.46. The minimum absolute atomic E-state index is 0.610. The molecule has 0 amide bonds. The maximum atomic E-state index is 5.37. The van der Waals surface area contributed by atoms with Crippen LogP contribution in [-0.2, 0) is 13.0 Å². The second-order valence-corrected chi connectivity index (χ2v) is 3.76. The lowest BCUT2D eigenvalue weighted by atomic mass is 10.3. The number of nitrogens with two attached hydrogens (primary N) is 1. The van der Waals surface area contributed by atoms with Gasteiger partial charge in [-0.2, -0.15) is 0 Å². The summed E-state index contributed by atoms with van der Waals surface area (Å²) in [6.45, 7) is 2.69. The Morgan fingerprint density at radius 1 is 1.17 bits per heavy atom. The molecule has 0 aromatic carbocycles. The molecule has 2 heterocycles. The van der Waals surface area contributed by atoms with E-state index in [1.54, 1.807) is 18.5 Å². The quantitative estimate of drug-likeness (QED) is 0.543. The molecule has 0 fully saturated rings. The molecule has 18 heavy (non-hydrogen) atoms. The van der Waals surface area contributed by atoms with Crippen LogP contribution in [0.3, 0.4) is 0 Å². The first-order valence-electron chi connectivity index (χ1n) is 5.79. The number of anilines is 2. The van der Waals surface area contributed by atoms with Crippen molar-refractivity contribution in [1.29, 1.82) is 0 Å². The Morgan fingerprint density at radius 3 is 2.56 bits per heavy atom. The summed E-state index contributed by atoms with van der Waals surface area (Å²) >= 11 is 0. The van der Waals surface area contributed by atoms with Crippen LogP contribution in [0.15, 0.2) is 30.6 Å². The van der Waals surface area contributed by atoms with E-state index >= 15 is 0 Å². The highest BCUT2D eigenvalue weighted by Crippen LogP contribution is 2.12. The zero-order chi connectivity index (χ0) is 12.8. The summed E-state index contributed by atoms with van der Waals surface area (Å²) in [7, 11) is 0. The highest BCUT2D eigenvalue weighted by atomic mass is 15.3. The Kier molecular flexibility index (Phi) is 4.03. The third kappa shape index (κ3) is 3.14. The average Bonchev–Trinajstić information content (AvgIpc) is 2.45. The van der Waals surface area contributed by atoms with E-state index in [1.165, 1.54) is 0 Å². The minimum Gasteiger partial charge on any atom is -0.366 e. The van der Waals surface area contributed by atoms with E-state index in [1.807, 2.05) is 19.1 Å². The number of aryl methyl sites for hydroxylation is 1. The van der Waals surface area contributed by atoms with Crippen molar-refractivity contribution in [2.24, 2.45) is 5.84 Å². The molecule has 0 radical (unpaired) electrons. The number of nitrogens with one attached hydrogen (secondary N) is 2. The van der Waals surface area contributed by atoms with Crippen molar-refractivity contribution in [2.45, 2.75) is 19.9 Å². The number of pyridine rings is 1. The summed E-state index contributed by atoms with van der Waals surface area (Å²) in [5.74, 6) is 7.49. The van der Waals surface area contributed by atoms with Gasteiger partial charge in [-0.1, -0.05) is 6.92 Å². The summed E-state index contributed by atoms with van der Waals surface area (Å²) in [5.41, 5.74) is 3.68. The molecule has 6 heteroatoms. The second-order valence-electron chi connectivity index (χ2n) is 3.76. The summed E-state index contributed by atoms with van der Waals surface area (Å²) in [6.07, 6.45) is 4.29. The molecular weight excluding hydrogens is 228 g/mol. The molecular formula is C12H16N6. The standard InChI is InChI=1S/C12H16N6/c1-2-10-16-11(7-12(17-10)18-13)15-8-9-3-5-14-6-4-9/h3-7H,2,8,13H2,1H3,(H2,15,16,17,18). The van der Waals surface area contributed by atoms with E-state index in [9.17, 15) is 0 Å². The molecule has 0 aliphatic rings. The van der Waals surface area contributed by atoms with Crippen molar-refractivity contribution < 1.29 is 0 Å². The normalized spacial score (nSPS) is 10.1. The first-order chi connectivity index (χ1) is 8.81. The maximum Gasteiger partial charge on any atom is 0.145 e. The minimum atomic E-state index is 0.610. The van der Waals surface area contributed by atoms with Crippen LogP contribution in [0, 0.1) is 0 Å². The van der Waals surface area contributed by atoms with Gasteiger partial charge in [-0.25, -0.2) is 15.8 Å². The molecule has 2 aromatic heterocycles. The lowest BCUT2D eigenvalue weighted by molar-refractivity contribution is 0.931. The van der Waals surface area contributed by atoms with Crippen LogP contribution in [0.2, 0.25) is 0 Å². The zero-order valence-corrected chi connectivity index (χ0v) is 10.2. The van der Waals surface area contributed by atoms with Gasteiger partial charge in [0.2, 0.25) is 0 Å². The maximum absolute atomic E-state index is 5.37. The van der Waals surface area contributed by atoms with Gasteiger partial charge in [-0.05, 0) is 17.7 Å². The predicted octanol–water partition coefficient (Wildman–Crippen LogP) is 1.33. The highest BCUT2D eigenvalue weighted by molar-refractivity contribution is 5.47. The molecule has 6 nitrogen and oxygen atoms in total. The number of hydrogen-bond donors (Lipinski definition) is 3. The molecule has 0 aliphatic carbocycles. The Labute approximate surface area is 106 Å². The number of nitrogen functional groups attached to an aromatic ring is 1. The van der Waals surface area contributed by atoms with Crippen LogP contribution in [0.5, 0.6) is 0 Å². The molecule has 0 spiro atoms. The molecule has 0 atom stereocenters. The Morgan fingerprint density at radius 2 is 1.89 bits per heavy atom. The Balaban J connectivity index is 2.09. The van der Waals surface area contributed by atoms with Crippen LogP contribution < -0.4 is 16.6 Å². The lowest BCUT2D eigenvalue weighted by Gasteiger charge is -2.08. The largest absolute Gasteiger partial charge is 0.366 e. The molecule has 0 bridgehead atoms. The van der Waals surface area contributed by atoms with E-state index < -0.39 is 0 Å². The predicted molar refractivity (Wildman–Crippen MR) is 70.8 cm³/mol. The zero-order valence-electron chi connectivity index (χ0n) is 10.2. The van der Waals surface area contributed by atoms with Crippen LogP contribution in [0.25, 0.3) is 0 Å². The van der Waals surface area contributed by atoms with Gasteiger partial charge < -0.3 is 10.7 Å². The number of hydrogen-bond acceptors (Lipinski definition) is 6. The summed E-state index contributed by atoms with van der Waals surface area (Å²) in [4.78, 5) is 12.6. The monoisotopic (exact) mass is 244 g/mol.